The Kier molecular flexibility index (Phi) is 3.81. The van der Waals surface area contributed by atoms with E-state index in [-0.39, 0.29) is 5.41 Å². The Morgan fingerprint density at radius 2 is 2.06 bits per heavy atom. The molecular weight excluding hydrogens is 212 g/mol. The van der Waals surface area contributed by atoms with Crippen molar-refractivity contribution < 1.29 is 4.74 Å². The van der Waals surface area contributed by atoms with Crippen molar-refractivity contribution in [1.29, 1.82) is 0 Å². The predicted molar refractivity (Wildman–Crippen MR) is 70.9 cm³/mol. The maximum Gasteiger partial charge on any atom is 0.0655 e. The molecule has 0 saturated heterocycles. The van der Waals surface area contributed by atoms with E-state index in [0.717, 1.165) is 26.1 Å². The Morgan fingerprint density at radius 3 is 2.47 bits per heavy atom. The summed E-state index contributed by atoms with van der Waals surface area (Å²) in [6.45, 7) is 9.45. The highest BCUT2D eigenvalue weighted by molar-refractivity contribution is 5.04. The molecule has 17 heavy (non-hydrogen) atoms. The van der Waals surface area contributed by atoms with Crippen LogP contribution in [0.3, 0.4) is 0 Å². The number of rotatable bonds is 6. The molecule has 0 radical (unpaired) electrons. The normalized spacial score (nSPS) is 33.9. The first-order chi connectivity index (χ1) is 8.04. The number of nitrogens with two attached hydrogens (primary N) is 1. The molecule has 2 aliphatic rings. The fourth-order valence-electron chi connectivity index (χ4n) is 3.19. The molecule has 0 heterocycles. The lowest BCUT2D eigenvalue weighted by Crippen LogP contribution is -2.63. The molecule has 2 saturated carbocycles. The van der Waals surface area contributed by atoms with E-state index in [9.17, 15) is 0 Å². The monoisotopic (exact) mass is 240 g/mol. The minimum atomic E-state index is 0.273. The van der Waals surface area contributed by atoms with Gasteiger partial charge < -0.3 is 15.8 Å². The Morgan fingerprint density at radius 1 is 1.35 bits per heavy atom. The van der Waals surface area contributed by atoms with E-state index in [1.54, 1.807) is 0 Å². The third-order valence-electron chi connectivity index (χ3n) is 5.12. The minimum absolute atomic E-state index is 0.273. The Bertz CT molecular complexity index is 255. The number of hydrogen-bond acceptors (Lipinski definition) is 3. The van der Waals surface area contributed by atoms with Crippen LogP contribution in [-0.2, 0) is 4.74 Å². The van der Waals surface area contributed by atoms with Crippen LogP contribution in [0.5, 0.6) is 0 Å². The van der Waals surface area contributed by atoms with Crippen LogP contribution in [-0.4, -0.2) is 31.8 Å². The second kappa shape index (κ2) is 4.87. The SMILES string of the molecule is CCOC1CC(NCC2(CN)CCC2)C1(C)C. The molecule has 2 fully saturated rings. The maximum atomic E-state index is 5.89. The van der Waals surface area contributed by atoms with Gasteiger partial charge in [0.05, 0.1) is 6.10 Å². The van der Waals surface area contributed by atoms with Crippen LogP contribution in [0.2, 0.25) is 0 Å². The highest BCUT2D eigenvalue weighted by Crippen LogP contribution is 2.44. The first-order valence-electron chi connectivity index (χ1n) is 7.09. The molecular formula is C14H28N2O. The summed E-state index contributed by atoms with van der Waals surface area (Å²) in [5, 5.41) is 3.73. The largest absolute Gasteiger partial charge is 0.378 e. The Hall–Kier alpha value is -0.120. The highest BCUT2D eigenvalue weighted by atomic mass is 16.5. The Balaban J connectivity index is 1.78. The zero-order chi connectivity index (χ0) is 12.5. The van der Waals surface area contributed by atoms with Crippen LogP contribution >= 0.6 is 0 Å². The van der Waals surface area contributed by atoms with E-state index in [1.165, 1.54) is 19.3 Å². The summed E-state index contributed by atoms with van der Waals surface area (Å²) >= 11 is 0. The van der Waals surface area contributed by atoms with Crippen LogP contribution in [0, 0.1) is 10.8 Å². The van der Waals surface area contributed by atoms with Crippen molar-refractivity contribution in [3.8, 4) is 0 Å². The third kappa shape index (κ3) is 2.38. The first-order valence-corrected chi connectivity index (χ1v) is 7.09. The summed E-state index contributed by atoms with van der Waals surface area (Å²) in [6.07, 6.45) is 5.55. The predicted octanol–water partition coefficient (Wildman–Crippen LogP) is 1.91. The standard InChI is InChI=1S/C14H28N2O/c1-4-17-12-8-11(13(12,2)3)16-10-14(9-15)6-5-7-14/h11-12,16H,4-10,15H2,1-3H3. The van der Waals surface area contributed by atoms with Crippen molar-refractivity contribution in [2.24, 2.45) is 16.6 Å². The molecule has 3 heteroatoms. The summed E-state index contributed by atoms with van der Waals surface area (Å²) in [4.78, 5) is 0. The molecule has 100 valence electrons. The molecule has 0 aromatic heterocycles. The molecule has 0 amide bonds. The summed E-state index contributed by atoms with van der Waals surface area (Å²) in [5.74, 6) is 0. The number of nitrogens with one attached hydrogen (secondary N) is 1. The van der Waals surface area contributed by atoms with Gasteiger partial charge in [-0.3, -0.25) is 0 Å². The van der Waals surface area contributed by atoms with Crippen molar-refractivity contribution >= 4 is 0 Å². The fraction of sp³-hybridized carbons (Fsp3) is 1.00. The van der Waals surface area contributed by atoms with E-state index < -0.39 is 0 Å². The van der Waals surface area contributed by atoms with Crippen LogP contribution in [0.25, 0.3) is 0 Å². The van der Waals surface area contributed by atoms with E-state index in [4.69, 9.17) is 10.5 Å². The van der Waals surface area contributed by atoms with Gasteiger partial charge in [-0.15, -0.1) is 0 Å². The maximum absolute atomic E-state index is 5.89. The Labute approximate surface area is 105 Å². The van der Waals surface area contributed by atoms with Crippen LogP contribution < -0.4 is 11.1 Å². The zero-order valence-electron chi connectivity index (χ0n) is 11.6. The van der Waals surface area contributed by atoms with Crippen LogP contribution in [0.15, 0.2) is 0 Å². The van der Waals surface area contributed by atoms with Crippen molar-refractivity contribution in [1.82, 2.24) is 5.32 Å². The minimum Gasteiger partial charge on any atom is -0.378 e. The van der Waals surface area contributed by atoms with Gasteiger partial charge in [-0.25, -0.2) is 0 Å². The summed E-state index contributed by atoms with van der Waals surface area (Å²) < 4.78 is 5.76. The van der Waals surface area contributed by atoms with E-state index in [2.05, 4.69) is 26.1 Å². The lowest BCUT2D eigenvalue weighted by molar-refractivity contribution is -0.116. The molecule has 3 nitrogen and oxygen atoms in total. The molecule has 0 bridgehead atoms. The molecule has 0 spiro atoms. The number of ether oxygens (including phenoxy) is 1. The molecule has 0 aliphatic heterocycles. The summed E-state index contributed by atoms with van der Waals surface area (Å²) in [5.41, 5.74) is 6.58. The van der Waals surface area contributed by atoms with Crippen molar-refractivity contribution in [3.05, 3.63) is 0 Å². The summed E-state index contributed by atoms with van der Waals surface area (Å²) in [7, 11) is 0. The molecule has 0 aromatic carbocycles. The van der Waals surface area contributed by atoms with Gasteiger partial charge in [-0.2, -0.15) is 0 Å². The van der Waals surface area contributed by atoms with Gasteiger partial charge >= 0.3 is 0 Å². The first kappa shape index (κ1) is 13.3. The van der Waals surface area contributed by atoms with E-state index in [0.29, 0.717) is 17.6 Å². The molecule has 0 aromatic rings. The molecule has 2 unspecified atom stereocenters. The van der Waals surface area contributed by atoms with Gasteiger partial charge in [0.15, 0.2) is 0 Å². The second-order valence-electron chi connectivity index (χ2n) is 6.49. The second-order valence-corrected chi connectivity index (χ2v) is 6.49. The average molecular weight is 240 g/mol. The average Bonchev–Trinajstić information content (AvgIpc) is 2.25. The van der Waals surface area contributed by atoms with Crippen LogP contribution in [0.1, 0.15) is 46.5 Å². The smallest absolute Gasteiger partial charge is 0.0655 e. The van der Waals surface area contributed by atoms with Crippen molar-refractivity contribution in [2.45, 2.75) is 58.6 Å². The molecule has 3 N–H and O–H groups in total. The molecule has 2 aliphatic carbocycles. The quantitative estimate of drug-likeness (QED) is 0.745. The van der Waals surface area contributed by atoms with E-state index >= 15 is 0 Å². The van der Waals surface area contributed by atoms with Gasteiger partial charge in [0.1, 0.15) is 0 Å². The third-order valence-corrected chi connectivity index (χ3v) is 5.12. The zero-order valence-corrected chi connectivity index (χ0v) is 11.6. The van der Waals surface area contributed by atoms with Gasteiger partial charge in [0.2, 0.25) is 0 Å². The van der Waals surface area contributed by atoms with Gasteiger partial charge in [-0.05, 0) is 38.1 Å². The van der Waals surface area contributed by atoms with Gasteiger partial charge in [0, 0.05) is 24.6 Å². The van der Waals surface area contributed by atoms with Crippen molar-refractivity contribution in [2.75, 3.05) is 19.7 Å². The lowest BCUT2D eigenvalue weighted by atomic mass is 9.63. The topological polar surface area (TPSA) is 47.3 Å². The van der Waals surface area contributed by atoms with Gasteiger partial charge in [-0.1, -0.05) is 20.3 Å². The lowest BCUT2D eigenvalue weighted by Gasteiger charge is -2.53. The number of hydrogen-bond donors (Lipinski definition) is 2. The van der Waals surface area contributed by atoms with Crippen LogP contribution in [0.4, 0.5) is 0 Å². The summed E-state index contributed by atoms with van der Waals surface area (Å²) in [6, 6.07) is 0.600. The molecule has 2 rings (SSSR count). The van der Waals surface area contributed by atoms with Gasteiger partial charge in [0.25, 0.3) is 0 Å². The van der Waals surface area contributed by atoms with E-state index in [1.807, 2.05) is 0 Å². The molecule has 2 atom stereocenters. The fourth-order valence-corrected chi connectivity index (χ4v) is 3.19. The highest BCUT2D eigenvalue weighted by Gasteiger charge is 2.49. The van der Waals surface area contributed by atoms with Crippen molar-refractivity contribution in [3.63, 3.8) is 0 Å².